The summed E-state index contributed by atoms with van der Waals surface area (Å²) in [4.78, 5) is 13.6. The van der Waals surface area contributed by atoms with Crippen LogP contribution in [0, 0.1) is 5.82 Å². The average molecular weight is 407 g/mol. The molecule has 2 aromatic carbocycles. The lowest BCUT2D eigenvalue weighted by molar-refractivity contribution is 0.187. The number of hydrogen-bond donors (Lipinski definition) is 1. The number of hydrogen-bond acceptors (Lipinski definition) is 6. The van der Waals surface area contributed by atoms with Crippen LogP contribution in [-0.2, 0) is 13.0 Å². The zero-order valence-corrected chi connectivity index (χ0v) is 17.1. The number of ether oxygens (including phenoxy) is 1. The molecule has 2 aliphatic rings. The van der Waals surface area contributed by atoms with Crippen LogP contribution in [-0.4, -0.2) is 47.7 Å². The van der Waals surface area contributed by atoms with Gasteiger partial charge in [-0.25, -0.2) is 4.39 Å². The van der Waals surface area contributed by atoms with Crippen LogP contribution in [0.15, 0.2) is 36.4 Å². The molecule has 0 radical (unpaired) electrons. The Hall–Kier alpha value is -2.93. The normalized spacial score (nSPS) is 19.3. The van der Waals surface area contributed by atoms with Crippen molar-refractivity contribution < 1.29 is 9.13 Å². The van der Waals surface area contributed by atoms with Gasteiger partial charge in [-0.3, -0.25) is 0 Å². The third-order valence-electron chi connectivity index (χ3n) is 6.34. The summed E-state index contributed by atoms with van der Waals surface area (Å²) in [6, 6.07) is 11.7. The number of nitrogens with two attached hydrogens (primary N) is 1. The number of likely N-dealkylation sites (tertiary alicyclic amines) is 1. The Morgan fingerprint density at radius 2 is 1.97 bits per heavy atom. The molecule has 2 aliphatic heterocycles. The number of rotatable bonds is 4. The van der Waals surface area contributed by atoms with Crippen molar-refractivity contribution in [2.75, 3.05) is 37.4 Å². The molecule has 1 aromatic heterocycles. The van der Waals surface area contributed by atoms with Gasteiger partial charge in [-0.2, -0.15) is 9.97 Å². The van der Waals surface area contributed by atoms with Crippen molar-refractivity contribution in [3.8, 4) is 6.01 Å². The standard InChI is InChI=1S/C23H26FN5O/c1-28-11-4-5-15(28)14-30-23-26-20-13-29(12-10-18(20)22(25)27-23)21-9-3-6-16-17(21)7-2-8-19(16)24/h2-3,6-9,15H,4-5,10-14H2,1H3,(H2,25,26,27)/t15-/m0/s1. The lowest BCUT2D eigenvalue weighted by Crippen LogP contribution is -2.33. The van der Waals surface area contributed by atoms with E-state index in [1.54, 1.807) is 6.07 Å². The minimum Gasteiger partial charge on any atom is -0.462 e. The topological polar surface area (TPSA) is 67.5 Å². The van der Waals surface area contributed by atoms with Crippen molar-refractivity contribution in [1.82, 2.24) is 14.9 Å². The van der Waals surface area contributed by atoms with E-state index in [2.05, 4.69) is 26.8 Å². The summed E-state index contributed by atoms with van der Waals surface area (Å²) in [5.41, 5.74) is 9.12. The average Bonchev–Trinajstić information content (AvgIpc) is 3.16. The predicted molar refractivity (Wildman–Crippen MR) is 116 cm³/mol. The first-order valence-electron chi connectivity index (χ1n) is 10.5. The molecule has 1 fully saturated rings. The van der Waals surface area contributed by atoms with E-state index in [1.807, 2.05) is 24.3 Å². The summed E-state index contributed by atoms with van der Waals surface area (Å²) >= 11 is 0. The molecule has 0 aliphatic carbocycles. The maximum absolute atomic E-state index is 14.2. The Bertz CT molecular complexity index is 1090. The first-order chi connectivity index (χ1) is 14.6. The van der Waals surface area contributed by atoms with E-state index in [-0.39, 0.29) is 5.82 Å². The number of anilines is 2. The van der Waals surface area contributed by atoms with Gasteiger partial charge in [0.2, 0.25) is 0 Å². The summed E-state index contributed by atoms with van der Waals surface area (Å²) in [6.45, 7) is 3.05. The zero-order valence-electron chi connectivity index (χ0n) is 17.1. The van der Waals surface area contributed by atoms with Crippen molar-refractivity contribution in [2.24, 2.45) is 0 Å². The Balaban J connectivity index is 1.41. The molecule has 1 saturated heterocycles. The Labute approximate surface area is 175 Å². The Morgan fingerprint density at radius 1 is 1.13 bits per heavy atom. The third kappa shape index (κ3) is 3.43. The van der Waals surface area contributed by atoms with E-state index in [9.17, 15) is 4.39 Å². The molecule has 0 unspecified atom stereocenters. The van der Waals surface area contributed by atoms with Crippen LogP contribution in [0.25, 0.3) is 10.8 Å². The monoisotopic (exact) mass is 407 g/mol. The minimum atomic E-state index is -0.203. The van der Waals surface area contributed by atoms with Crippen molar-refractivity contribution >= 4 is 22.3 Å². The summed E-state index contributed by atoms with van der Waals surface area (Å²) in [7, 11) is 2.12. The molecule has 1 atom stereocenters. The van der Waals surface area contributed by atoms with E-state index < -0.39 is 0 Å². The second-order valence-electron chi connectivity index (χ2n) is 8.19. The van der Waals surface area contributed by atoms with Gasteiger partial charge in [0.1, 0.15) is 18.2 Å². The Morgan fingerprint density at radius 3 is 2.80 bits per heavy atom. The molecule has 3 aromatic rings. The highest BCUT2D eigenvalue weighted by Crippen LogP contribution is 2.33. The van der Waals surface area contributed by atoms with Crippen LogP contribution >= 0.6 is 0 Å². The van der Waals surface area contributed by atoms with E-state index in [0.29, 0.717) is 36.4 Å². The van der Waals surface area contributed by atoms with E-state index in [1.165, 1.54) is 12.5 Å². The number of likely N-dealkylation sites (N-methyl/N-ethyl adjacent to an activating group) is 1. The fraction of sp³-hybridized carbons (Fsp3) is 0.391. The van der Waals surface area contributed by atoms with Gasteiger partial charge in [-0.1, -0.05) is 24.3 Å². The van der Waals surface area contributed by atoms with Gasteiger partial charge in [-0.05, 0) is 45.0 Å². The lowest BCUT2D eigenvalue weighted by Gasteiger charge is -2.31. The largest absolute Gasteiger partial charge is 0.462 e. The van der Waals surface area contributed by atoms with Gasteiger partial charge in [0.15, 0.2) is 0 Å². The Kier molecular flexibility index (Phi) is 4.90. The molecular weight excluding hydrogens is 381 g/mol. The summed E-state index contributed by atoms with van der Waals surface area (Å²) < 4.78 is 20.2. The molecule has 7 heteroatoms. The van der Waals surface area contributed by atoms with Crippen LogP contribution in [0.3, 0.4) is 0 Å². The van der Waals surface area contributed by atoms with Crippen LogP contribution in [0.2, 0.25) is 0 Å². The zero-order chi connectivity index (χ0) is 20.7. The number of nitrogen functional groups attached to an aromatic ring is 1. The van der Waals surface area contributed by atoms with Crippen LogP contribution in [0.4, 0.5) is 15.9 Å². The van der Waals surface area contributed by atoms with E-state index in [0.717, 1.165) is 48.3 Å². The van der Waals surface area contributed by atoms with Crippen molar-refractivity contribution in [3.05, 3.63) is 53.5 Å². The fourth-order valence-electron chi connectivity index (χ4n) is 4.60. The number of nitrogens with zero attached hydrogens (tertiary/aromatic N) is 4. The number of halogens is 1. The van der Waals surface area contributed by atoms with E-state index >= 15 is 0 Å². The quantitative estimate of drug-likeness (QED) is 0.715. The summed E-state index contributed by atoms with van der Waals surface area (Å²) in [5.74, 6) is 0.296. The van der Waals surface area contributed by atoms with Gasteiger partial charge >= 0.3 is 6.01 Å². The highest BCUT2D eigenvalue weighted by molar-refractivity contribution is 5.94. The first kappa shape index (κ1) is 19.1. The highest BCUT2D eigenvalue weighted by Gasteiger charge is 2.25. The molecule has 156 valence electrons. The summed E-state index contributed by atoms with van der Waals surface area (Å²) in [5, 5.41) is 1.54. The molecule has 0 amide bonds. The molecule has 2 N–H and O–H groups in total. The van der Waals surface area contributed by atoms with Crippen LogP contribution in [0.5, 0.6) is 6.01 Å². The molecule has 30 heavy (non-hydrogen) atoms. The van der Waals surface area contributed by atoms with Gasteiger partial charge < -0.3 is 20.3 Å². The highest BCUT2D eigenvalue weighted by atomic mass is 19.1. The SMILES string of the molecule is CN1CCC[C@H]1COc1nc(N)c2c(n1)CN(c1cccc3c(F)cccc13)CC2. The minimum absolute atomic E-state index is 0.203. The summed E-state index contributed by atoms with van der Waals surface area (Å²) in [6.07, 6.45) is 3.07. The molecule has 6 nitrogen and oxygen atoms in total. The molecule has 0 bridgehead atoms. The molecule has 0 saturated carbocycles. The molecular formula is C23H26FN5O. The van der Waals surface area contributed by atoms with Gasteiger partial charge in [0, 0.05) is 34.6 Å². The van der Waals surface area contributed by atoms with Crippen molar-refractivity contribution in [1.29, 1.82) is 0 Å². The smallest absolute Gasteiger partial charge is 0.318 e. The maximum Gasteiger partial charge on any atom is 0.318 e. The third-order valence-corrected chi connectivity index (χ3v) is 6.34. The number of fused-ring (bicyclic) bond motifs is 2. The van der Waals surface area contributed by atoms with Gasteiger partial charge in [0.05, 0.1) is 12.2 Å². The molecule has 5 rings (SSSR count). The second-order valence-corrected chi connectivity index (χ2v) is 8.19. The lowest BCUT2D eigenvalue weighted by atomic mass is 10.0. The van der Waals surface area contributed by atoms with Crippen molar-refractivity contribution in [3.63, 3.8) is 0 Å². The van der Waals surface area contributed by atoms with E-state index in [4.69, 9.17) is 10.5 Å². The van der Waals surface area contributed by atoms with Crippen LogP contribution in [0.1, 0.15) is 24.1 Å². The van der Waals surface area contributed by atoms with Crippen molar-refractivity contribution in [2.45, 2.75) is 31.8 Å². The predicted octanol–water partition coefficient (Wildman–Crippen LogP) is 3.39. The number of benzene rings is 2. The van der Waals surface area contributed by atoms with Crippen LogP contribution < -0.4 is 15.4 Å². The number of aromatic nitrogens is 2. The first-order valence-corrected chi connectivity index (χ1v) is 10.5. The van der Waals surface area contributed by atoms with Gasteiger partial charge in [0.25, 0.3) is 0 Å². The van der Waals surface area contributed by atoms with Gasteiger partial charge in [-0.15, -0.1) is 0 Å². The fourth-order valence-corrected chi connectivity index (χ4v) is 4.60. The second kappa shape index (κ2) is 7.72. The molecule has 0 spiro atoms. The molecule has 3 heterocycles. The maximum atomic E-state index is 14.2.